The smallest absolute Gasteiger partial charge is 0.326 e. The van der Waals surface area contributed by atoms with Gasteiger partial charge in [0.25, 0.3) is 0 Å². The van der Waals surface area contributed by atoms with Crippen molar-refractivity contribution in [2.24, 2.45) is 27.9 Å². The van der Waals surface area contributed by atoms with E-state index in [9.17, 15) is 29.4 Å². The lowest BCUT2D eigenvalue weighted by atomic mass is 10.0. The van der Waals surface area contributed by atoms with Crippen LogP contribution in [0.1, 0.15) is 44.1 Å². The van der Waals surface area contributed by atoms with Crippen LogP contribution in [0, 0.1) is 0 Å². The average molecular weight is 597 g/mol. The molecule has 0 fully saturated rings. The van der Waals surface area contributed by atoms with Crippen LogP contribution in [0.3, 0.4) is 0 Å². The van der Waals surface area contributed by atoms with E-state index < -0.39 is 47.9 Å². The fourth-order valence-corrected chi connectivity index (χ4v) is 4.30. The van der Waals surface area contributed by atoms with Crippen molar-refractivity contribution < 1.29 is 29.4 Å². The van der Waals surface area contributed by atoms with Gasteiger partial charge >= 0.3 is 5.97 Å². The van der Waals surface area contributed by atoms with Crippen LogP contribution in [0.5, 0.6) is 5.75 Å². The van der Waals surface area contributed by atoms with Gasteiger partial charge in [-0.3, -0.25) is 19.4 Å². The maximum absolute atomic E-state index is 13.3. The van der Waals surface area contributed by atoms with Gasteiger partial charge < -0.3 is 49.1 Å². The molecular weight excluding hydrogens is 552 g/mol. The maximum Gasteiger partial charge on any atom is 0.326 e. The number of thioether (sulfide) groups is 1. The molecule has 0 heterocycles. The number of carboxylic acid groups (broad SMARTS) is 1. The molecule has 0 bridgehead atoms. The molecule has 0 aromatic heterocycles. The van der Waals surface area contributed by atoms with Crippen LogP contribution in [0.4, 0.5) is 0 Å². The molecule has 41 heavy (non-hydrogen) atoms. The largest absolute Gasteiger partial charge is 0.508 e. The molecule has 0 aliphatic rings. The number of carboxylic acids is 1. The maximum atomic E-state index is 13.3. The number of aliphatic imine (C=N–C) groups is 1. The minimum atomic E-state index is -1.23. The summed E-state index contributed by atoms with van der Waals surface area (Å²) in [5.41, 5.74) is 23.0. The number of phenolic OH excluding ortho intramolecular Hbond substituents is 1. The van der Waals surface area contributed by atoms with E-state index in [1.54, 1.807) is 12.1 Å². The molecule has 4 unspecified atom stereocenters. The Labute approximate surface area is 244 Å². The van der Waals surface area contributed by atoms with Gasteiger partial charge in [-0.15, -0.1) is 0 Å². The van der Waals surface area contributed by atoms with Gasteiger partial charge in [-0.1, -0.05) is 12.1 Å². The van der Waals surface area contributed by atoms with Gasteiger partial charge in [0.1, 0.15) is 23.9 Å². The van der Waals surface area contributed by atoms with Gasteiger partial charge in [0.05, 0.1) is 6.04 Å². The van der Waals surface area contributed by atoms with E-state index >= 15 is 0 Å². The second kappa shape index (κ2) is 19.5. The number of amides is 3. The van der Waals surface area contributed by atoms with Crippen LogP contribution in [-0.4, -0.2) is 89.1 Å². The number of rotatable bonds is 20. The lowest BCUT2D eigenvalue weighted by Crippen LogP contribution is -2.57. The van der Waals surface area contributed by atoms with Gasteiger partial charge in [0, 0.05) is 6.54 Å². The lowest BCUT2D eigenvalue weighted by Gasteiger charge is -2.25. The van der Waals surface area contributed by atoms with Crippen LogP contribution >= 0.6 is 11.8 Å². The number of nitrogens with one attached hydrogen (secondary N) is 3. The van der Waals surface area contributed by atoms with Gasteiger partial charge in [0.15, 0.2) is 5.96 Å². The van der Waals surface area contributed by atoms with E-state index in [0.29, 0.717) is 31.6 Å². The molecule has 1 aromatic rings. The Morgan fingerprint density at radius 2 is 1.44 bits per heavy atom. The van der Waals surface area contributed by atoms with Crippen molar-refractivity contribution in [1.29, 1.82) is 0 Å². The molecular formula is C26H44N8O6S. The summed E-state index contributed by atoms with van der Waals surface area (Å²) in [6, 6.07) is 2.08. The Hall–Kier alpha value is -3.56. The summed E-state index contributed by atoms with van der Waals surface area (Å²) >= 11 is 1.46. The Balaban J connectivity index is 2.94. The van der Waals surface area contributed by atoms with Gasteiger partial charge in [0.2, 0.25) is 17.7 Å². The second-order valence-corrected chi connectivity index (χ2v) is 10.5. The summed E-state index contributed by atoms with van der Waals surface area (Å²) in [7, 11) is 0. The molecule has 0 radical (unpaired) electrons. The van der Waals surface area contributed by atoms with Crippen molar-refractivity contribution >= 4 is 41.4 Å². The molecule has 230 valence electrons. The summed E-state index contributed by atoms with van der Waals surface area (Å²) in [5.74, 6) is -2.54. The number of carbonyl (C=O) groups is 4. The number of phenols is 1. The molecule has 0 spiro atoms. The van der Waals surface area contributed by atoms with Crippen molar-refractivity contribution in [2.75, 3.05) is 25.1 Å². The van der Waals surface area contributed by atoms with Crippen molar-refractivity contribution in [1.82, 2.24) is 16.0 Å². The molecule has 0 aliphatic heterocycles. The molecule has 0 saturated heterocycles. The topological polar surface area (TPSA) is 261 Å². The normalized spacial score (nSPS) is 13.7. The zero-order chi connectivity index (χ0) is 30.8. The molecule has 0 saturated carbocycles. The number of unbranched alkanes of at least 4 members (excludes halogenated alkanes) is 1. The first-order valence-corrected chi connectivity index (χ1v) is 14.8. The predicted octanol–water partition coefficient (Wildman–Crippen LogP) is -1.26. The third-order valence-corrected chi connectivity index (χ3v) is 6.76. The summed E-state index contributed by atoms with van der Waals surface area (Å²) in [6.07, 6.45) is 4.08. The highest BCUT2D eigenvalue weighted by molar-refractivity contribution is 7.98. The first-order chi connectivity index (χ1) is 19.5. The SMILES string of the molecule is CSCCC(NC(=O)C(CCCCN)NC(=O)C(N)Cc1ccc(O)cc1)C(=O)NC(CCCN=C(N)N)C(=O)O. The third kappa shape index (κ3) is 14.6. The van der Waals surface area contributed by atoms with Gasteiger partial charge in [-0.2, -0.15) is 11.8 Å². The van der Waals surface area contributed by atoms with Crippen molar-refractivity contribution in [3.63, 3.8) is 0 Å². The van der Waals surface area contributed by atoms with Crippen LogP contribution in [0.25, 0.3) is 0 Å². The first-order valence-electron chi connectivity index (χ1n) is 13.4. The third-order valence-electron chi connectivity index (χ3n) is 6.11. The second-order valence-electron chi connectivity index (χ2n) is 9.51. The highest BCUT2D eigenvalue weighted by Gasteiger charge is 2.30. The highest BCUT2D eigenvalue weighted by atomic mass is 32.2. The summed E-state index contributed by atoms with van der Waals surface area (Å²) in [6.45, 7) is 0.606. The van der Waals surface area contributed by atoms with E-state index in [1.165, 1.54) is 23.9 Å². The highest BCUT2D eigenvalue weighted by Crippen LogP contribution is 2.12. The number of guanidine groups is 1. The van der Waals surface area contributed by atoms with E-state index in [0.717, 1.165) is 5.56 Å². The molecule has 4 atom stereocenters. The van der Waals surface area contributed by atoms with Crippen LogP contribution in [0.2, 0.25) is 0 Å². The molecule has 14 nitrogen and oxygen atoms in total. The Morgan fingerprint density at radius 1 is 0.878 bits per heavy atom. The van der Waals surface area contributed by atoms with Crippen LogP contribution < -0.4 is 38.9 Å². The number of carbonyl (C=O) groups excluding carboxylic acids is 3. The fraction of sp³-hybridized carbons (Fsp3) is 0.577. The number of hydrogen-bond acceptors (Lipinski definition) is 9. The molecule has 0 aliphatic carbocycles. The van der Waals surface area contributed by atoms with Crippen LogP contribution in [-0.2, 0) is 25.6 Å². The van der Waals surface area contributed by atoms with Gasteiger partial charge in [-0.05, 0) is 81.2 Å². The monoisotopic (exact) mass is 596 g/mol. The Morgan fingerprint density at radius 3 is 2.00 bits per heavy atom. The van der Waals surface area contributed by atoms with Crippen molar-refractivity contribution in [3.05, 3.63) is 29.8 Å². The lowest BCUT2D eigenvalue weighted by molar-refractivity contribution is -0.142. The average Bonchev–Trinajstić information content (AvgIpc) is 2.92. The first kappa shape index (κ1) is 35.5. The van der Waals surface area contributed by atoms with E-state index in [4.69, 9.17) is 22.9 Å². The summed E-state index contributed by atoms with van der Waals surface area (Å²) < 4.78 is 0. The summed E-state index contributed by atoms with van der Waals surface area (Å²) in [4.78, 5) is 54.8. The molecule has 3 amide bonds. The molecule has 1 aromatic carbocycles. The van der Waals surface area contributed by atoms with E-state index in [1.807, 2.05) is 6.26 Å². The number of aliphatic carboxylic acids is 1. The molecule has 13 N–H and O–H groups in total. The zero-order valence-electron chi connectivity index (χ0n) is 23.4. The van der Waals surface area contributed by atoms with Crippen molar-refractivity contribution in [3.8, 4) is 5.75 Å². The minimum absolute atomic E-state index is 0.0811. The van der Waals surface area contributed by atoms with Gasteiger partial charge in [-0.25, -0.2) is 4.79 Å². The number of hydrogen-bond donors (Lipinski definition) is 9. The quantitative estimate of drug-likeness (QED) is 0.0487. The molecule has 15 heteroatoms. The van der Waals surface area contributed by atoms with E-state index in [-0.39, 0.29) is 43.9 Å². The minimum Gasteiger partial charge on any atom is -0.508 e. The van der Waals surface area contributed by atoms with Crippen molar-refractivity contribution in [2.45, 2.75) is 69.1 Å². The predicted molar refractivity (Wildman–Crippen MR) is 159 cm³/mol. The van der Waals surface area contributed by atoms with Crippen LogP contribution in [0.15, 0.2) is 29.3 Å². The Bertz CT molecular complexity index is 1010. The Kier molecular flexibility index (Phi) is 16.9. The number of nitrogens with two attached hydrogens (primary N) is 4. The number of nitrogens with zero attached hydrogens (tertiary/aromatic N) is 1. The number of aromatic hydroxyl groups is 1. The fourth-order valence-electron chi connectivity index (χ4n) is 3.83. The number of benzene rings is 1. The zero-order valence-corrected chi connectivity index (χ0v) is 24.2. The summed E-state index contributed by atoms with van der Waals surface area (Å²) in [5, 5.41) is 26.9. The molecule has 1 rings (SSSR count). The van der Waals surface area contributed by atoms with E-state index in [2.05, 4.69) is 20.9 Å². The standard InChI is InChI=1S/C26H44N8O6S/c1-41-14-11-20(24(38)34-21(25(39)40)6-4-13-31-26(29)30)33-23(37)19(5-2-3-12-27)32-22(36)18(28)15-16-7-9-17(35)10-8-16/h7-10,18-21,35H,2-6,11-15,27-28H2,1H3,(H,32,36)(H,33,37)(H,34,38)(H,39,40)(H4,29,30,31).